The molecule has 0 saturated heterocycles. The number of anilines is 6. The highest BCUT2D eigenvalue weighted by Crippen LogP contribution is 2.45. The van der Waals surface area contributed by atoms with E-state index in [2.05, 4.69) is 314 Å². The molecule has 1 aliphatic rings. The van der Waals surface area contributed by atoms with E-state index in [-0.39, 0.29) is 0 Å². The van der Waals surface area contributed by atoms with E-state index in [1.807, 2.05) is 0 Å². The fraction of sp³-hybridized carbons (Fsp3) is 0.0270. The van der Waals surface area contributed by atoms with Crippen molar-refractivity contribution in [1.82, 2.24) is 0 Å². The summed E-state index contributed by atoms with van der Waals surface area (Å²) in [7, 11) is -2.20. The average Bonchev–Trinajstić information content (AvgIpc) is 3.66. The van der Waals surface area contributed by atoms with Crippen LogP contribution in [0.5, 0.6) is 0 Å². The second-order valence-corrected chi connectivity index (χ2v) is 25.2. The van der Waals surface area contributed by atoms with E-state index in [1.54, 1.807) is 0 Å². The van der Waals surface area contributed by atoms with Crippen LogP contribution in [0.25, 0.3) is 88.0 Å². The molecule has 0 N–H and O–H groups in total. The van der Waals surface area contributed by atoms with Crippen molar-refractivity contribution in [2.75, 3.05) is 9.80 Å². The zero-order valence-corrected chi connectivity index (χ0v) is 44.1. The number of para-hydroxylation sites is 2. The quantitative estimate of drug-likeness (QED) is 0.0995. The highest BCUT2D eigenvalue weighted by Gasteiger charge is 2.36. The van der Waals surface area contributed by atoms with E-state index in [0.717, 1.165) is 34.1 Å². The monoisotopic (exact) mass is 998 g/mol. The van der Waals surface area contributed by atoms with Gasteiger partial charge in [-0.05, 0) is 183 Å². The molecule has 0 aromatic heterocycles. The molecule has 2 nitrogen and oxygen atoms in total. The highest BCUT2D eigenvalue weighted by atomic mass is 28.3. The molecule has 14 rings (SSSR count). The molecular weight excluding hydrogens is 945 g/mol. The Morgan fingerprint density at radius 1 is 0.221 bits per heavy atom. The van der Waals surface area contributed by atoms with Crippen molar-refractivity contribution in [2.24, 2.45) is 0 Å². The fourth-order valence-corrected chi connectivity index (χ4v) is 15.3. The molecule has 1 aliphatic heterocycles. The van der Waals surface area contributed by atoms with Crippen molar-refractivity contribution in [3.05, 3.63) is 291 Å². The maximum Gasteiger partial charge on any atom is 0.113 e. The van der Waals surface area contributed by atoms with E-state index >= 15 is 0 Å². The summed E-state index contributed by atoms with van der Waals surface area (Å²) in [6.45, 7) is 5.09. The van der Waals surface area contributed by atoms with Gasteiger partial charge in [0.15, 0.2) is 0 Å². The number of rotatable bonds is 10. The second kappa shape index (κ2) is 19.0. The Labute approximate surface area is 452 Å². The van der Waals surface area contributed by atoms with Crippen LogP contribution >= 0.6 is 0 Å². The minimum Gasteiger partial charge on any atom is -0.311 e. The van der Waals surface area contributed by atoms with Gasteiger partial charge < -0.3 is 9.80 Å². The molecule has 0 saturated carbocycles. The molecule has 364 valence electrons. The molecule has 0 spiro atoms. The zero-order chi connectivity index (χ0) is 51.5. The Kier molecular flexibility index (Phi) is 11.3. The van der Waals surface area contributed by atoms with Gasteiger partial charge in [0.1, 0.15) is 8.07 Å². The molecule has 0 fully saturated rings. The van der Waals surface area contributed by atoms with E-state index in [1.165, 1.54) is 98.3 Å². The number of nitrogens with zero attached hydrogens (tertiary/aromatic N) is 2. The van der Waals surface area contributed by atoms with Gasteiger partial charge in [-0.25, -0.2) is 0 Å². The summed E-state index contributed by atoms with van der Waals surface area (Å²) in [5.41, 5.74) is 19.2. The fourth-order valence-electron chi connectivity index (χ4n) is 12.2. The predicted octanol–water partition coefficient (Wildman–Crippen LogP) is 19.6. The third kappa shape index (κ3) is 8.12. The summed E-state index contributed by atoms with van der Waals surface area (Å²) in [6, 6.07) is 107. The van der Waals surface area contributed by atoms with E-state index < -0.39 is 8.07 Å². The van der Waals surface area contributed by atoms with Crippen molar-refractivity contribution in [3.63, 3.8) is 0 Å². The van der Waals surface area contributed by atoms with Crippen molar-refractivity contribution in [2.45, 2.75) is 13.1 Å². The summed E-state index contributed by atoms with van der Waals surface area (Å²) in [4.78, 5) is 4.70. The lowest BCUT2D eigenvalue weighted by molar-refractivity contribution is 1.28. The van der Waals surface area contributed by atoms with Crippen molar-refractivity contribution < 1.29 is 0 Å². The Hall–Kier alpha value is -9.54. The van der Waals surface area contributed by atoms with Crippen LogP contribution in [0.4, 0.5) is 34.1 Å². The van der Waals surface area contributed by atoms with Crippen LogP contribution in [0.15, 0.2) is 291 Å². The molecule has 0 amide bonds. The molecule has 0 unspecified atom stereocenters. The molecule has 3 heteroatoms. The molecule has 1 heterocycles. The van der Waals surface area contributed by atoms with Gasteiger partial charge in [-0.3, -0.25) is 0 Å². The number of fused-ring (bicyclic) bond motifs is 6. The summed E-state index contributed by atoms with van der Waals surface area (Å²) < 4.78 is 0. The van der Waals surface area contributed by atoms with Gasteiger partial charge in [0.05, 0.1) is 0 Å². The predicted molar refractivity (Wildman–Crippen MR) is 332 cm³/mol. The SMILES string of the molecule is C[Si]1(C)c2cc(-c3ccc(N(c4ccccc4)c4ccc(-c5ccccc5)cc4)cc3)ccc2-c2cc3c4ccccc4c(-c4ccc(N(c5ccccc5)c5ccc(-c6ccccc6)cc5)cc4)cc3c3cccc1c23. The molecule has 77 heavy (non-hydrogen) atoms. The lowest BCUT2D eigenvalue weighted by atomic mass is 9.87. The lowest BCUT2D eigenvalue weighted by Crippen LogP contribution is -2.55. The first-order chi connectivity index (χ1) is 37.9. The minimum absolute atomic E-state index is 1.11. The van der Waals surface area contributed by atoms with Crippen molar-refractivity contribution in [3.8, 4) is 55.6 Å². The number of hydrogen-bond donors (Lipinski definition) is 0. The molecule has 13 aromatic carbocycles. The van der Waals surface area contributed by atoms with Crippen LogP contribution in [0.2, 0.25) is 13.1 Å². The Morgan fingerprint density at radius 3 is 1.09 bits per heavy atom. The minimum atomic E-state index is -2.20. The topological polar surface area (TPSA) is 6.48 Å². The van der Waals surface area contributed by atoms with Gasteiger partial charge in [-0.2, -0.15) is 0 Å². The van der Waals surface area contributed by atoms with Gasteiger partial charge in [0.25, 0.3) is 0 Å². The first-order valence-corrected chi connectivity index (χ1v) is 29.7. The Bertz CT molecular complexity index is 4290. The third-order valence-corrected chi connectivity index (χ3v) is 19.6. The van der Waals surface area contributed by atoms with Gasteiger partial charge in [-0.15, -0.1) is 0 Å². The third-order valence-electron chi connectivity index (χ3n) is 16.0. The normalized spacial score (nSPS) is 12.4. The molecule has 0 bridgehead atoms. The van der Waals surface area contributed by atoms with Crippen molar-refractivity contribution >= 4 is 84.9 Å². The highest BCUT2D eigenvalue weighted by molar-refractivity contribution is 7.03. The molecular formula is C74H54N2Si. The maximum absolute atomic E-state index is 2.55. The van der Waals surface area contributed by atoms with E-state index in [9.17, 15) is 0 Å². The number of hydrogen-bond acceptors (Lipinski definition) is 2. The lowest BCUT2D eigenvalue weighted by Gasteiger charge is -2.34. The summed E-state index contributed by atoms with van der Waals surface area (Å²) in [5, 5.41) is 10.8. The van der Waals surface area contributed by atoms with E-state index in [0.29, 0.717) is 0 Å². The van der Waals surface area contributed by atoms with Gasteiger partial charge in [-0.1, -0.05) is 219 Å². The Balaban J connectivity index is 0.826. The average molecular weight is 999 g/mol. The standard InChI is InChI=1S/C74H54N2Si/c1-77(2)72-29-17-28-67-70-49-68(56-36-45-63(46-37-56)76(59-24-13-6-14-25-59)61-41-32-54(33-42-61)52-20-9-4-10-21-52)64-26-15-16-27-65(64)69(70)50-71(74(67)72)66-47-38-57(48-73(66)77)55-34-43-62(44-35-55)75(58-22-11-5-12-23-58)60-39-30-53(31-40-60)51-18-7-3-8-19-51/h3-50H,1-2H3. The largest absolute Gasteiger partial charge is 0.311 e. The zero-order valence-electron chi connectivity index (χ0n) is 43.1. The van der Waals surface area contributed by atoms with Crippen LogP contribution in [0.3, 0.4) is 0 Å². The molecule has 0 atom stereocenters. The van der Waals surface area contributed by atoms with Gasteiger partial charge in [0, 0.05) is 34.1 Å². The second-order valence-electron chi connectivity index (χ2n) is 20.9. The van der Waals surface area contributed by atoms with E-state index in [4.69, 9.17) is 0 Å². The van der Waals surface area contributed by atoms with Gasteiger partial charge in [0.2, 0.25) is 0 Å². The number of benzene rings is 13. The summed E-state index contributed by atoms with van der Waals surface area (Å²) in [6.07, 6.45) is 0. The molecule has 0 radical (unpaired) electrons. The first-order valence-electron chi connectivity index (χ1n) is 26.7. The van der Waals surface area contributed by atoms with Crippen molar-refractivity contribution in [1.29, 1.82) is 0 Å². The maximum atomic E-state index is 2.55. The molecule has 0 aliphatic carbocycles. The van der Waals surface area contributed by atoms with Crippen LogP contribution in [0, 0.1) is 0 Å². The summed E-state index contributed by atoms with van der Waals surface area (Å²) >= 11 is 0. The van der Waals surface area contributed by atoms with Crippen LogP contribution in [-0.2, 0) is 0 Å². The van der Waals surface area contributed by atoms with Gasteiger partial charge >= 0.3 is 0 Å². The van der Waals surface area contributed by atoms with Crippen LogP contribution in [0.1, 0.15) is 0 Å². The summed E-state index contributed by atoms with van der Waals surface area (Å²) in [5.74, 6) is 0. The Morgan fingerprint density at radius 2 is 0.584 bits per heavy atom. The molecule has 13 aromatic rings. The first kappa shape index (κ1) is 46.0. The van der Waals surface area contributed by atoms with Crippen LogP contribution in [-0.4, -0.2) is 8.07 Å². The smallest absolute Gasteiger partial charge is 0.113 e. The van der Waals surface area contributed by atoms with Crippen LogP contribution < -0.4 is 20.2 Å².